The van der Waals surface area contributed by atoms with E-state index in [9.17, 15) is 4.79 Å². The molecule has 1 saturated heterocycles. The molecular weight excluding hydrogens is 276 g/mol. The number of carbonyl (C=O) groups excluding carboxylic acids is 1. The third-order valence-electron chi connectivity index (χ3n) is 4.05. The van der Waals surface area contributed by atoms with Gasteiger partial charge in [-0.05, 0) is 52.2 Å². The number of benzene rings is 1. The SMILES string of the molecule is C[C@@H]1C[C@@H](Nc2ccccc2)[C@@H](C)CN1C(=O)OC(C)(C)C. The van der Waals surface area contributed by atoms with Crippen molar-refractivity contribution in [2.75, 3.05) is 11.9 Å². The summed E-state index contributed by atoms with van der Waals surface area (Å²) in [6, 6.07) is 10.8. The van der Waals surface area contributed by atoms with Crippen LogP contribution in [0.4, 0.5) is 10.5 Å². The maximum absolute atomic E-state index is 12.3. The molecule has 0 spiro atoms. The number of ether oxygens (including phenoxy) is 1. The number of carbonyl (C=O) groups is 1. The highest BCUT2D eigenvalue weighted by Crippen LogP contribution is 2.26. The molecule has 0 bridgehead atoms. The number of rotatable bonds is 2. The fourth-order valence-corrected chi connectivity index (χ4v) is 2.87. The molecule has 122 valence electrons. The zero-order valence-corrected chi connectivity index (χ0v) is 14.3. The Hall–Kier alpha value is -1.71. The molecule has 0 radical (unpaired) electrons. The highest BCUT2D eigenvalue weighted by atomic mass is 16.6. The van der Waals surface area contributed by atoms with Crippen molar-refractivity contribution in [1.82, 2.24) is 4.90 Å². The molecule has 4 nitrogen and oxygen atoms in total. The summed E-state index contributed by atoms with van der Waals surface area (Å²) < 4.78 is 5.52. The Kier molecular flexibility index (Phi) is 4.99. The van der Waals surface area contributed by atoms with E-state index < -0.39 is 5.60 Å². The molecule has 3 atom stereocenters. The number of para-hydroxylation sites is 1. The van der Waals surface area contributed by atoms with Gasteiger partial charge in [-0.1, -0.05) is 25.1 Å². The first-order valence-electron chi connectivity index (χ1n) is 8.07. The van der Waals surface area contributed by atoms with Gasteiger partial charge in [-0.15, -0.1) is 0 Å². The molecule has 1 aliphatic rings. The van der Waals surface area contributed by atoms with Crippen molar-refractivity contribution in [2.45, 2.75) is 58.7 Å². The van der Waals surface area contributed by atoms with Gasteiger partial charge in [0.1, 0.15) is 5.60 Å². The van der Waals surface area contributed by atoms with Crippen molar-refractivity contribution < 1.29 is 9.53 Å². The lowest BCUT2D eigenvalue weighted by molar-refractivity contribution is 0.00510. The van der Waals surface area contributed by atoms with Crippen molar-refractivity contribution in [2.24, 2.45) is 5.92 Å². The van der Waals surface area contributed by atoms with Gasteiger partial charge in [0.15, 0.2) is 0 Å². The Bertz CT molecular complexity index is 496. The smallest absolute Gasteiger partial charge is 0.410 e. The summed E-state index contributed by atoms with van der Waals surface area (Å²) in [5, 5.41) is 3.59. The molecule has 0 unspecified atom stereocenters. The van der Waals surface area contributed by atoms with Crippen LogP contribution >= 0.6 is 0 Å². The maximum Gasteiger partial charge on any atom is 0.410 e. The Morgan fingerprint density at radius 2 is 1.86 bits per heavy atom. The van der Waals surface area contributed by atoms with E-state index in [0.29, 0.717) is 12.0 Å². The first-order valence-corrected chi connectivity index (χ1v) is 8.07. The van der Waals surface area contributed by atoms with Crippen LogP contribution in [0.2, 0.25) is 0 Å². The Balaban J connectivity index is 1.98. The van der Waals surface area contributed by atoms with Crippen molar-refractivity contribution in [1.29, 1.82) is 0 Å². The lowest BCUT2D eigenvalue weighted by Gasteiger charge is -2.42. The van der Waals surface area contributed by atoms with Gasteiger partial charge in [-0.2, -0.15) is 0 Å². The van der Waals surface area contributed by atoms with Gasteiger partial charge >= 0.3 is 6.09 Å². The lowest BCUT2D eigenvalue weighted by atomic mass is 9.89. The number of hydrogen-bond acceptors (Lipinski definition) is 3. The van der Waals surface area contributed by atoms with Gasteiger partial charge in [0.25, 0.3) is 0 Å². The van der Waals surface area contributed by atoms with Crippen LogP contribution in [0.5, 0.6) is 0 Å². The molecule has 1 aromatic rings. The summed E-state index contributed by atoms with van der Waals surface area (Å²) in [5.41, 5.74) is 0.691. The minimum atomic E-state index is -0.445. The number of nitrogens with zero attached hydrogens (tertiary/aromatic N) is 1. The zero-order chi connectivity index (χ0) is 16.3. The Morgan fingerprint density at radius 3 is 2.45 bits per heavy atom. The Morgan fingerprint density at radius 1 is 1.23 bits per heavy atom. The van der Waals surface area contributed by atoms with Gasteiger partial charge in [0, 0.05) is 24.3 Å². The second kappa shape index (κ2) is 6.59. The van der Waals surface area contributed by atoms with Crippen LogP contribution in [0.3, 0.4) is 0 Å². The van der Waals surface area contributed by atoms with E-state index in [0.717, 1.165) is 18.7 Å². The zero-order valence-electron chi connectivity index (χ0n) is 14.3. The summed E-state index contributed by atoms with van der Waals surface area (Å²) >= 11 is 0. The molecule has 2 rings (SSSR count). The Labute approximate surface area is 133 Å². The molecule has 1 aliphatic heterocycles. The predicted octanol–water partition coefficient (Wildman–Crippen LogP) is 4.13. The largest absolute Gasteiger partial charge is 0.444 e. The standard InChI is InChI=1S/C18H28N2O2/c1-13-12-20(17(21)22-18(3,4)5)14(2)11-16(13)19-15-9-7-6-8-10-15/h6-10,13-14,16,19H,11-12H2,1-5H3/t13-,14+,16+/m0/s1. The van der Waals surface area contributed by atoms with Crippen LogP contribution in [0.1, 0.15) is 41.0 Å². The predicted molar refractivity (Wildman–Crippen MR) is 90.0 cm³/mol. The van der Waals surface area contributed by atoms with E-state index in [1.165, 1.54) is 0 Å². The number of amides is 1. The third-order valence-corrected chi connectivity index (χ3v) is 4.05. The lowest BCUT2D eigenvalue weighted by Crippen LogP contribution is -2.53. The summed E-state index contributed by atoms with van der Waals surface area (Å²) in [4.78, 5) is 14.2. The molecule has 1 aromatic carbocycles. The van der Waals surface area contributed by atoms with E-state index >= 15 is 0 Å². The molecule has 4 heteroatoms. The number of piperidine rings is 1. The molecule has 1 heterocycles. The summed E-state index contributed by atoms with van der Waals surface area (Å²) in [5.74, 6) is 0.379. The number of likely N-dealkylation sites (tertiary alicyclic amines) is 1. The molecule has 0 aliphatic carbocycles. The minimum absolute atomic E-state index is 0.173. The van der Waals surface area contributed by atoms with E-state index in [4.69, 9.17) is 4.74 Å². The van der Waals surface area contributed by atoms with E-state index in [-0.39, 0.29) is 12.1 Å². The van der Waals surface area contributed by atoms with Crippen LogP contribution in [0.15, 0.2) is 30.3 Å². The average Bonchev–Trinajstić information content (AvgIpc) is 2.41. The minimum Gasteiger partial charge on any atom is -0.444 e. The van der Waals surface area contributed by atoms with Crippen molar-refractivity contribution >= 4 is 11.8 Å². The average molecular weight is 304 g/mol. The number of nitrogens with one attached hydrogen (secondary N) is 1. The monoisotopic (exact) mass is 304 g/mol. The highest BCUT2D eigenvalue weighted by molar-refractivity contribution is 5.68. The van der Waals surface area contributed by atoms with Crippen molar-refractivity contribution in [3.8, 4) is 0 Å². The maximum atomic E-state index is 12.3. The van der Waals surface area contributed by atoms with Crippen LogP contribution < -0.4 is 5.32 Å². The van der Waals surface area contributed by atoms with E-state index in [1.807, 2.05) is 43.9 Å². The normalized spacial score (nSPS) is 25.7. The molecule has 1 N–H and O–H groups in total. The van der Waals surface area contributed by atoms with Gasteiger partial charge in [-0.25, -0.2) is 4.79 Å². The van der Waals surface area contributed by atoms with E-state index in [2.05, 4.69) is 31.3 Å². The quantitative estimate of drug-likeness (QED) is 0.893. The summed E-state index contributed by atoms with van der Waals surface area (Å²) in [7, 11) is 0. The van der Waals surface area contributed by atoms with Gasteiger partial charge in [0.2, 0.25) is 0 Å². The molecule has 0 aromatic heterocycles. The van der Waals surface area contributed by atoms with Crippen LogP contribution in [0.25, 0.3) is 0 Å². The molecule has 1 amide bonds. The highest BCUT2D eigenvalue weighted by Gasteiger charge is 2.35. The molecule has 0 saturated carbocycles. The fraction of sp³-hybridized carbons (Fsp3) is 0.611. The first kappa shape index (κ1) is 16.7. The number of anilines is 1. The molecule has 1 fully saturated rings. The third kappa shape index (κ3) is 4.39. The van der Waals surface area contributed by atoms with Gasteiger partial charge in [-0.3, -0.25) is 0 Å². The summed E-state index contributed by atoms with van der Waals surface area (Å²) in [6.07, 6.45) is 0.722. The fourth-order valence-electron chi connectivity index (χ4n) is 2.87. The molecule has 22 heavy (non-hydrogen) atoms. The molecular formula is C18H28N2O2. The second-order valence-corrected chi connectivity index (χ2v) is 7.31. The number of hydrogen-bond donors (Lipinski definition) is 1. The van der Waals surface area contributed by atoms with Crippen molar-refractivity contribution in [3.05, 3.63) is 30.3 Å². The van der Waals surface area contributed by atoms with Crippen LogP contribution in [-0.2, 0) is 4.74 Å². The second-order valence-electron chi connectivity index (χ2n) is 7.31. The van der Waals surface area contributed by atoms with Gasteiger partial charge in [0.05, 0.1) is 0 Å². The van der Waals surface area contributed by atoms with Crippen molar-refractivity contribution in [3.63, 3.8) is 0 Å². The topological polar surface area (TPSA) is 41.6 Å². The first-order chi connectivity index (χ1) is 10.3. The van der Waals surface area contributed by atoms with Crippen LogP contribution in [-0.4, -0.2) is 35.2 Å². The van der Waals surface area contributed by atoms with Crippen LogP contribution in [0, 0.1) is 5.92 Å². The van der Waals surface area contributed by atoms with Gasteiger partial charge < -0.3 is 15.0 Å². The summed E-state index contributed by atoms with van der Waals surface area (Å²) in [6.45, 7) is 10.7. The van der Waals surface area contributed by atoms with E-state index in [1.54, 1.807) is 0 Å².